The van der Waals surface area contributed by atoms with Crippen LogP contribution in [-0.4, -0.2) is 4.92 Å². The number of ether oxygens (including phenoxy) is 1. The summed E-state index contributed by atoms with van der Waals surface area (Å²) in [7, 11) is 0. The van der Waals surface area contributed by atoms with Gasteiger partial charge in [-0.25, -0.2) is 4.39 Å². The highest BCUT2D eigenvalue weighted by Gasteiger charge is 2.20. The number of hydrogen-bond acceptors (Lipinski definition) is 3. The largest absolute Gasteiger partial charge is 0.450 e. The molecule has 4 nitrogen and oxygen atoms in total. The summed E-state index contributed by atoms with van der Waals surface area (Å²) in [5, 5.41) is 10.9. The lowest BCUT2D eigenvalue weighted by Gasteiger charge is -2.07. The standard InChI is InChI=1S/C12H6BrClFNO3/c13-7-4-8(15)6-9(5-7)19-11-3-1-2-10(14)12(11)16(17)18/h1-6H. The molecule has 0 fully saturated rings. The van der Waals surface area contributed by atoms with E-state index >= 15 is 0 Å². The first kappa shape index (κ1) is 13.8. The molecule has 7 heteroatoms. The van der Waals surface area contributed by atoms with Gasteiger partial charge in [-0.1, -0.05) is 33.6 Å². The Labute approximate surface area is 121 Å². The van der Waals surface area contributed by atoms with Crippen LogP contribution in [0.2, 0.25) is 5.02 Å². The number of nitro groups is 1. The third kappa shape index (κ3) is 3.21. The fourth-order valence-electron chi connectivity index (χ4n) is 1.47. The predicted octanol–water partition coefficient (Wildman–Crippen LogP) is 4.94. The van der Waals surface area contributed by atoms with Gasteiger partial charge in [0, 0.05) is 10.5 Å². The molecule has 0 aliphatic carbocycles. The molecule has 98 valence electrons. The summed E-state index contributed by atoms with van der Waals surface area (Å²) in [6.07, 6.45) is 0. The van der Waals surface area contributed by atoms with Gasteiger partial charge < -0.3 is 4.74 Å². The van der Waals surface area contributed by atoms with Crippen LogP contribution in [0.5, 0.6) is 11.5 Å². The molecule has 0 unspecified atom stereocenters. The Bertz CT molecular complexity index is 631. The lowest BCUT2D eigenvalue weighted by Crippen LogP contribution is -1.94. The number of halogens is 3. The third-order valence-corrected chi connectivity index (χ3v) is 2.96. The van der Waals surface area contributed by atoms with E-state index in [1.165, 1.54) is 30.3 Å². The van der Waals surface area contributed by atoms with Crippen LogP contribution in [0.3, 0.4) is 0 Å². The van der Waals surface area contributed by atoms with Crippen molar-refractivity contribution in [3.63, 3.8) is 0 Å². The average Bonchev–Trinajstić information content (AvgIpc) is 2.26. The summed E-state index contributed by atoms with van der Waals surface area (Å²) >= 11 is 8.86. The molecule has 2 rings (SSSR count). The third-order valence-electron chi connectivity index (χ3n) is 2.20. The van der Waals surface area contributed by atoms with Gasteiger partial charge in [0.15, 0.2) is 0 Å². The monoisotopic (exact) mass is 345 g/mol. The van der Waals surface area contributed by atoms with Crippen LogP contribution in [0.1, 0.15) is 0 Å². The van der Waals surface area contributed by atoms with Crippen molar-refractivity contribution in [2.75, 3.05) is 0 Å². The Morgan fingerprint density at radius 3 is 2.68 bits per heavy atom. The van der Waals surface area contributed by atoms with E-state index in [1.807, 2.05) is 0 Å². The second-order valence-electron chi connectivity index (χ2n) is 3.55. The van der Waals surface area contributed by atoms with Crippen molar-refractivity contribution in [1.82, 2.24) is 0 Å². The van der Waals surface area contributed by atoms with E-state index in [0.717, 1.165) is 6.07 Å². The van der Waals surface area contributed by atoms with Crippen LogP contribution in [0.15, 0.2) is 40.9 Å². The minimum Gasteiger partial charge on any atom is -0.450 e. The first-order chi connectivity index (χ1) is 8.97. The Morgan fingerprint density at radius 1 is 1.32 bits per heavy atom. The highest BCUT2D eigenvalue weighted by molar-refractivity contribution is 9.10. The van der Waals surface area contributed by atoms with Gasteiger partial charge in [0.1, 0.15) is 16.6 Å². The maximum atomic E-state index is 13.2. The smallest absolute Gasteiger partial charge is 0.329 e. The molecule has 0 aliphatic rings. The molecule has 2 aromatic rings. The summed E-state index contributed by atoms with van der Waals surface area (Å²) in [6, 6.07) is 8.15. The quantitative estimate of drug-likeness (QED) is 0.584. The number of para-hydroxylation sites is 1. The van der Waals surface area contributed by atoms with E-state index in [4.69, 9.17) is 16.3 Å². The van der Waals surface area contributed by atoms with Crippen LogP contribution in [0, 0.1) is 15.9 Å². The molecule has 2 aromatic carbocycles. The molecule has 0 spiro atoms. The summed E-state index contributed by atoms with van der Waals surface area (Å²) < 4.78 is 19.0. The van der Waals surface area contributed by atoms with Crippen molar-refractivity contribution < 1.29 is 14.1 Å². The number of hydrogen-bond donors (Lipinski definition) is 0. The van der Waals surface area contributed by atoms with E-state index in [9.17, 15) is 14.5 Å². The molecular formula is C12H6BrClFNO3. The van der Waals surface area contributed by atoms with Gasteiger partial charge >= 0.3 is 5.69 Å². The van der Waals surface area contributed by atoms with E-state index in [1.54, 1.807) is 0 Å². The van der Waals surface area contributed by atoms with Crippen LogP contribution in [0.25, 0.3) is 0 Å². The van der Waals surface area contributed by atoms with Gasteiger partial charge in [0.2, 0.25) is 5.75 Å². The zero-order chi connectivity index (χ0) is 14.0. The van der Waals surface area contributed by atoms with E-state index < -0.39 is 10.7 Å². The number of nitrogens with zero attached hydrogens (tertiary/aromatic N) is 1. The SMILES string of the molecule is O=[N+]([O-])c1c(Cl)cccc1Oc1cc(F)cc(Br)c1. The molecule has 0 aliphatic heterocycles. The van der Waals surface area contributed by atoms with Crippen LogP contribution in [-0.2, 0) is 0 Å². The predicted molar refractivity (Wildman–Crippen MR) is 72.3 cm³/mol. The molecule has 0 amide bonds. The molecule has 0 aromatic heterocycles. The first-order valence-electron chi connectivity index (χ1n) is 5.04. The topological polar surface area (TPSA) is 52.4 Å². The van der Waals surface area contributed by atoms with Crippen molar-refractivity contribution in [2.24, 2.45) is 0 Å². The van der Waals surface area contributed by atoms with Crippen LogP contribution < -0.4 is 4.74 Å². The van der Waals surface area contributed by atoms with Gasteiger partial charge in [0.05, 0.1) is 4.92 Å². The van der Waals surface area contributed by atoms with Crippen molar-refractivity contribution in [2.45, 2.75) is 0 Å². The molecule has 0 saturated carbocycles. The Balaban J connectivity index is 2.43. The average molecular weight is 347 g/mol. The lowest BCUT2D eigenvalue weighted by atomic mass is 10.3. The van der Waals surface area contributed by atoms with Crippen molar-refractivity contribution >= 4 is 33.2 Å². The lowest BCUT2D eigenvalue weighted by molar-refractivity contribution is -0.385. The zero-order valence-electron chi connectivity index (χ0n) is 9.27. The van der Waals surface area contributed by atoms with Crippen LogP contribution in [0.4, 0.5) is 10.1 Å². The molecule has 0 atom stereocenters. The fourth-order valence-corrected chi connectivity index (χ4v) is 2.15. The maximum Gasteiger partial charge on any atom is 0.329 e. The van der Waals surface area contributed by atoms with Gasteiger partial charge in [-0.15, -0.1) is 0 Å². The Hall–Kier alpha value is -1.66. The zero-order valence-corrected chi connectivity index (χ0v) is 11.6. The molecule has 0 saturated heterocycles. The minimum absolute atomic E-state index is 0.0435. The molecule has 0 N–H and O–H groups in total. The molecule has 19 heavy (non-hydrogen) atoms. The molecular weight excluding hydrogens is 340 g/mol. The molecule has 0 heterocycles. The second kappa shape index (κ2) is 5.54. The normalized spacial score (nSPS) is 10.3. The second-order valence-corrected chi connectivity index (χ2v) is 4.87. The van der Waals surface area contributed by atoms with E-state index in [2.05, 4.69) is 15.9 Å². The summed E-state index contributed by atoms with van der Waals surface area (Å²) in [5.74, 6) is -0.429. The Kier molecular flexibility index (Phi) is 4.01. The summed E-state index contributed by atoms with van der Waals surface area (Å²) in [5.41, 5.74) is -0.357. The number of benzene rings is 2. The van der Waals surface area contributed by atoms with Gasteiger partial charge in [-0.3, -0.25) is 10.1 Å². The van der Waals surface area contributed by atoms with Gasteiger partial charge in [-0.05, 0) is 24.3 Å². The van der Waals surface area contributed by atoms with Crippen molar-refractivity contribution in [1.29, 1.82) is 0 Å². The fraction of sp³-hybridized carbons (Fsp3) is 0. The number of rotatable bonds is 3. The van der Waals surface area contributed by atoms with Gasteiger partial charge in [-0.2, -0.15) is 0 Å². The maximum absolute atomic E-state index is 13.2. The Morgan fingerprint density at radius 2 is 2.05 bits per heavy atom. The molecule has 0 radical (unpaired) electrons. The van der Waals surface area contributed by atoms with Crippen molar-refractivity contribution in [3.8, 4) is 11.5 Å². The number of nitro benzene ring substituents is 1. The summed E-state index contributed by atoms with van der Waals surface area (Å²) in [4.78, 5) is 10.3. The van der Waals surface area contributed by atoms with Gasteiger partial charge in [0.25, 0.3) is 0 Å². The first-order valence-corrected chi connectivity index (χ1v) is 6.21. The van der Waals surface area contributed by atoms with E-state index in [0.29, 0.717) is 4.47 Å². The summed E-state index contributed by atoms with van der Waals surface area (Å²) in [6.45, 7) is 0. The van der Waals surface area contributed by atoms with Crippen molar-refractivity contribution in [3.05, 3.63) is 61.8 Å². The highest BCUT2D eigenvalue weighted by atomic mass is 79.9. The van der Waals surface area contributed by atoms with E-state index in [-0.39, 0.29) is 22.2 Å². The minimum atomic E-state index is -0.647. The molecule has 0 bridgehead atoms. The van der Waals surface area contributed by atoms with Crippen LogP contribution >= 0.6 is 27.5 Å². The highest BCUT2D eigenvalue weighted by Crippen LogP contribution is 2.37.